The van der Waals surface area contributed by atoms with Crippen LogP contribution in [-0.2, 0) is 15.6 Å². The maximum atomic E-state index is 11.5. The molecule has 0 bridgehead atoms. The van der Waals surface area contributed by atoms with Crippen molar-refractivity contribution in [2.75, 3.05) is 5.75 Å². The number of sulfone groups is 1. The van der Waals surface area contributed by atoms with E-state index in [4.69, 9.17) is 6.42 Å². The molecule has 0 spiro atoms. The Labute approximate surface area is 91.2 Å². The first kappa shape index (κ1) is 11.8. The zero-order valence-electron chi connectivity index (χ0n) is 8.95. The Balaban J connectivity index is 3.00. The van der Waals surface area contributed by atoms with Crippen LogP contribution in [0.3, 0.4) is 0 Å². The average Bonchev–Trinajstić information content (AvgIpc) is 2.10. The Hall–Kier alpha value is -1.27. The number of aryl methyl sites for hydroxylation is 2. The maximum Gasteiger partial charge on any atom is 0.165 e. The number of rotatable bonds is 3. The predicted octanol–water partition coefficient (Wildman–Crippen LogP) is 1.85. The van der Waals surface area contributed by atoms with E-state index in [1.807, 2.05) is 32.0 Å². The van der Waals surface area contributed by atoms with Gasteiger partial charge in [-0.25, -0.2) is 8.42 Å². The molecule has 1 rings (SSSR count). The highest BCUT2D eigenvalue weighted by Gasteiger charge is 2.11. The monoisotopic (exact) mass is 222 g/mol. The Kier molecular flexibility index (Phi) is 3.54. The van der Waals surface area contributed by atoms with Crippen molar-refractivity contribution in [3.8, 4) is 12.3 Å². The molecule has 0 saturated carbocycles. The minimum Gasteiger partial charge on any atom is -0.228 e. The van der Waals surface area contributed by atoms with Gasteiger partial charge in [-0.05, 0) is 25.0 Å². The van der Waals surface area contributed by atoms with Crippen molar-refractivity contribution in [1.29, 1.82) is 0 Å². The van der Waals surface area contributed by atoms with E-state index in [0.29, 0.717) is 0 Å². The molecule has 0 aliphatic carbocycles. The van der Waals surface area contributed by atoms with E-state index in [-0.39, 0.29) is 11.5 Å². The fourth-order valence-corrected chi connectivity index (χ4v) is 2.51. The van der Waals surface area contributed by atoms with Gasteiger partial charge in [0.05, 0.1) is 5.75 Å². The van der Waals surface area contributed by atoms with Gasteiger partial charge in [0, 0.05) is 0 Å². The van der Waals surface area contributed by atoms with E-state index in [9.17, 15) is 8.42 Å². The van der Waals surface area contributed by atoms with E-state index in [1.54, 1.807) is 0 Å². The second kappa shape index (κ2) is 4.50. The zero-order chi connectivity index (χ0) is 11.5. The van der Waals surface area contributed by atoms with Gasteiger partial charge in [-0.2, -0.15) is 0 Å². The first-order chi connectivity index (χ1) is 6.94. The summed E-state index contributed by atoms with van der Waals surface area (Å²) in [7, 11) is -3.16. The van der Waals surface area contributed by atoms with Crippen molar-refractivity contribution in [1.82, 2.24) is 0 Å². The van der Waals surface area contributed by atoms with Crippen molar-refractivity contribution in [2.45, 2.75) is 19.6 Å². The predicted molar refractivity (Wildman–Crippen MR) is 62.2 cm³/mol. The third-order valence-electron chi connectivity index (χ3n) is 2.18. The summed E-state index contributed by atoms with van der Waals surface area (Å²) >= 11 is 0. The van der Waals surface area contributed by atoms with E-state index in [0.717, 1.165) is 16.7 Å². The Morgan fingerprint density at radius 2 is 2.00 bits per heavy atom. The van der Waals surface area contributed by atoms with Crippen LogP contribution in [-0.4, -0.2) is 14.2 Å². The smallest absolute Gasteiger partial charge is 0.165 e. The summed E-state index contributed by atoms with van der Waals surface area (Å²) in [6, 6.07) is 5.78. The van der Waals surface area contributed by atoms with Crippen LogP contribution >= 0.6 is 0 Å². The molecule has 1 aromatic rings. The summed E-state index contributed by atoms with van der Waals surface area (Å²) in [5.41, 5.74) is 2.89. The van der Waals surface area contributed by atoms with Gasteiger partial charge < -0.3 is 0 Å². The third-order valence-corrected chi connectivity index (χ3v) is 3.54. The highest BCUT2D eigenvalue weighted by molar-refractivity contribution is 7.90. The van der Waals surface area contributed by atoms with Crippen LogP contribution in [0, 0.1) is 26.2 Å². The molecule has 15 heavy (non-hydrogen) atoms. The fourth-order valence-electron chi connectivity index (χ4n) is 1.37. The molecular formula is C12H14O2S. The minimum atomic E-state index is -3.16. The van der Waals surface area contributed by atoms with Gasteiger partial charge >= 0.3 is 0 Å². The Morgan fingerprint density at radius 3 is 2.60 bits per heavy atom. The fraction of sp³-hybridized carbons (Fsp3) is 0.333. The lowest BCUT2D eigenvalue weighted by molar-refractivity contribution is 0.598. The molecule has 3 heteroatoms. The van der Waals surface area contributed by atoms with E-state index in [1.165, 1.54) is 0 Å². The quantitative estimate of drug-likeness (QED) is 0.731. The lowest BCUT2D eigenvalue weighted by atomic mass is 10.1. The molecule has 1 aromatic carbocycles. The van der Waals surface area contributed by atoms with Gasteiger partial charge in [-0.15, -0.1) is 6.42 Å². The molecule has 2 nitrogen and oxygen atoms in total. The van der Waals surface area contributed by atoms with Gasteiger partial charge in [0.25, 0.3) is 0 Å². The molecule has 0 fully saturated rings. The Morgan fingerprint density at radius 1 is 1.33 bits per heavy atom. The zero-order valence-corrected chi connectivity index (χ0v) is 9.76. The third kappa shape index (κ3) is 3.41. The molecule has 0 aliphatic rings. The van der Waals surface area contributed by atoms with Crippen LogP contribution in [0.1, 0.15) is 16.7 Å². The van der Waals surface area contributed by atoms with Crippen molar-refractivity contribution >= 4 is 9.84 Å². The summed E-state index contributed by atoms with van der Waals surface area (Å²) in [6.45, 7) is 3.84. The van der Waals surface area contributed by atoms with Gasteiger partial charge in [0.1, 0.15) is 5.75 Å². The van der Waals surface area contributed by atoms with Crippen molar-refractivity contribution in [3.05, 3.63) is 34.9 Å². The number of benzene rings is 1. The standard InChI is InChI=1S/C12H14O2S/c1-4-7-15(13,14)9-12-8-10(2)5-6-11(12)3/h1,5-6,8H,7,9H2,2-3H3. The summed E-state index contributed by atoms with van der Waals surface area (Å²) in [5.74, 6) is 2.01. The molecule has 0 aromatic heterocycles. The number of hydrogen-bond acceptors (Lipinski definition) is 2. The molecular weight excluding hydrogens is 208 g/mol. The average molecular weight is 222 g/mol. The first-order valence-electron chi connectivity index (χ1n) is 4.64. The SMILES string of the molecule is C#CCS(=O)(=O)Cc1cc(C)ccc1C. The molecule has 0 N–H and O–H groups in total. The largest absolute Gasteiger partial charge is 0.228 e. The number of terminal acetylenes is 1. The topological polar surface area (TPSA) is 34.1 Å². The second-order valence-corrected chi connectivity index (χ2v) is 5.73. The van der Waals surface area contributed by atoms with Crippen LogP contribution in [0.4, 0.5) is 0 Å². The molecule has 0 atom stereocenters. The molecule has 0 radical (unpaired) electrons. The normalized spacial score (nSPS) is 11.0. The molecule has 0 aliphatic heterocycles. The number of hydrogen-bond donors (Lipinski definition) is 0. The lowest BCUT2D eigenvalue weighted by Gasteiger charge is -2.06. The summed E-state index contributed by atoms with van der Waals surface area (Å²) in [5, 5.41) is 0. The van der Waals surface area contributed by atoms with Crippen molar-refractivity contribution in [2.24, 2.45) is 0 Å². The van der Waals surface area contributed by atoms with Crippen LogP contribution < -0.4 is 0 Å². The second-order valence-electron chi connectivity index (χ2n) is 3.67. The van der Waals surface area contributed by atoms with Crippen LogP contribution in [0.25, 0.3) is 0 Å². The van der Waals surface area contributed by atoms with E-state index in [2.05, 4.69) is 5.92 Å². The Bertz CT molecular complexity index is 493. The van der Waals surface area contributed by atoms with E-state index < -0.39 is 9.84 Å². The first-order valence-corrected chi connectivity index (χ1v) is 6.47. The highest BCUT2D eigenvalue weighted by Crippen LogP contribution is 2.14. The van der Waals surface area contributed by atoms with Crippen LogP contribution in [0.2, 0.25) is 0 Å². The van der Waals surface area contributed by atoms with Crippen LogP contribution in [0.15, 0.2) is 18.2 Å². The maximum absolute atomic E-state index is 11.5. The van der Waals surface area contributed by atoms with E-state index >= 15 is 0 Å². The summed E-state index contributed by atoms with van der Waals surface area (Å²) < 4.78 is 23.0. The molecule has 0 amide bonds. The van der Waals surface area contributed by atoms with Crippen molar-refractivity contribution in [3.63, 3.8) is 0 Å². The summed E-state index contributed by atoms with van der Waals surface area (Å²) in [4.78, 5) is 0. The molecule has 0 heterocycles. The van der Waals surface area contributed by atoms with Crippen molar-refractivity contribution < 1.29 is 8.42 Å². The van der Waals surface area contributed by atoms with Gasteiger partial charge in [-0.3, -0.25) is 0 Å². The lowest BCUT2D eigenvalue weighted by Crippen LogP contribution is -2.08. The molecule has 80 valence electrons. The minimum absolute atomic E-state index is 0.0325. The van der Waals surface area contributed by atoms with Gasteiger partial charge in [-0.1, -0.05) is 29.7 Å². The van der Waals surface area contributed by atoms with Gasteiger partial charge in [0.15, 0.2) is 9.84 Å². The highest BCUT2D eigenvalue weighted by atomic mass is 32.2. The van der Waals surface area contributed by atoms with Crippen LogP contribution in [0.5, 0.6) is 0 Å². The molecule has 0 saturated heterocycles. The summed E-state index contributed by atoms with van der Waals surface area (Å²) in [6.07, 6.45) is 5.01. The molecule has 0 unspecified atom stereocenters. The van der Waals surface area contributed by atoms with Gasteiger partial charge in [0.2, 0.25) is 0 Å².